The minimum absolute atomic E-state index is 0.193. The second-order valence-corrected chi connectivity index (χ2v) is 9.22. The van der Waals surface area contributed by atoms with Crippen LogP contribution in [0, 0.1) is 0 Å². The molecular formula is C24H27F2N3O3S. The summed E-state index contributed by atoms with van der Waals surface area (Å²) in [5.74, 6) is 0.558. The number of carbonyl (C=O) groups is 1. The number of nitrogens with zero attached hydrogens (tertiary/aromatic N) is 3. The molecule has 1 aromatic heterocycles. The monoisotopic (exact) mass is 475 g/mol. The maximum atomic E-state index is 13.4. The Morgan fingerprint density at radius 3 is 2.30 bits per heavy atom. The molecular weight excluding hydrogens is 448 g/mol. The van der Waals surface area contributed by atoms with Crippen molar-refractivity contribution in [3.05, 3.63) is 60.3 Å². The molecule has 176 valence electrons. The van der Waals surface area contributed by atoms with E-state index in [-0.39, 0.29) is 18.8 Å². The SMILES string of the molecule is CSc1ccc(-n2nc(C(F)F)cc2-c2ccc(OCCN(C(=O)O)C(C)(C)C)cc2)cc1. The molecule has 9 heteroatoms. The third-order valence-electron chi connectivity index (χ3n) is 5.04. The quantitative estimate of drug-likeness (QED) is 0.384. The van der Waals surface area contributed by atoms with E-state index in [9.17, 15) is 18.7 Å². The van der Waals surface area contributed by atoms with E-state index < -0.39 is 18.1 Å². The standard InChI is InChI=1S/C24H27F2N3O3S/c1-24(2,3)28(23(30)31)13-14-32-18-9-5-16(6-10-18)21-15-20(22(25)26)27-29(21)17-7-11-19(33-4)12-8-17/h5-12,15,22H,13-14H2,1-4H3,(H,30,31). The molecule has 1 amide bonds. The Hall–Kier alpha value is -3.07. The Morgan fingerprint density at radius 2 is 1.79 bits per heavy atom. The smallest absolute Gasteiger partial charge is 0.407 e. The van der Waals surface area contributed by atoms with Gasteiger partial charge in [0, 0.05) is 16.0 Å². The average molecular weight is 476 g/mol. The predicted molar refractivity (Wildman–Crippen MR) is 126 cm³/mol. The predicted octanol–water partition coefficient (Wildman–Crippen LogP) is 6.36. The Labute approximate surface area is 196 Å². The van der Waals surface area contributed by atoms with Crippen molar-refractivity contribution in [1.82, 2.24) is 14.7 Å². The van der Waals surface area contributed by atoms with Gasteiger partial charge in [-0.15, -0.1) is 11.8 Å². The van der Waals surface area contributed by atoms with Crippen molar-refractivity contribution >= 4 is 17.9 Å². The van der Waals surface area contributed by atoms with Crippen molar-refractivity contribution in [3.63, 3.8) is 0 Å². The van der Waals surface area contributed by atoms with Gasteiger partial charge in [-0.2, -0.15) is 5.10 Å². The molecule has 0 spiro atoms. The molecule has 0 radical (unpaired) electrons. The van der Waals surface area contributed by atoms with Gasteiger partial charge in [-0.25, -0.2) is 18.3 Å². The van der Waals surface area contributed by atoms with Gasteiger partial charge in [0.2, 0.25) is 0 Å². The first-order chi connectivity index (χ1) is 15.6. The topological polar surface area (TPSA) is 67.6 Å². The molecule has 1 N–H and O–H groups in total. The summed E-state index contributed by atoms with van der Waals surface area (Å²) in [4.78, 5) is 13.8. The summed E-state index contributed by atoms with van der Waals surface area (Å²) < 4.78 is 34.0. The molecule has 3 rings (SSSR count). The largest absolute Gasteiger partial charge is 0.492 e. The fourth-order valence-corrected chi connectivity index (χ4v) is 3.73. The van der Waals surface area contributed by atoms with E-state index in [0.717, 1.165) is 4.90 Å². The summed E-state index contributed by atoms with van der Waals surface area (Å²) in [5, 5.41) is 13.5. The summed E-state index contributed by atoms with van der Waals surface area (Å²) in [5.41, 5.74) is 1.10. The van der Waals surface area contributed by atoms with Crippen LogP contribution in [0.25, 0.3) is 16.9 Å². The van der Waals surface area contributed by atoms with Gasteiger partial charge in [0.15, 0.2) is 0 Å². The normalized spacial score (nSPS) is 11.6. The first kappa shape index (κ1) is 24.6. The van der Waals surface area contributed by atoms with Crippen LogP contribution in [0.3, 0.4) is 0 Å². The Bertz CT molecular complexity index is 1080. The van der Waals surface area contributed by atoms with E-state index in [1.807, 2.05) is 51.3 Å². The van der Waals surface area contributed by atoms with E-state index in [4.69, 9.17) is 4.74 Å². The van der Waals surface area contributed by atoms with Crippen LogP contribution in [0.1, 0.15) is 32.9 Å². The molecule has 0 saturated heterocycles. The van der Waals surface area contributed by atoms with E-state index in [1.54, 1.807) is 36.0 Å². The lowest BCUT2D eigenvalue weighted by Crippen LogP contribution is -2.46. The molecule has 33 heavy (non-hydrogen) atoms. The summed E-state index contributed by atoms with van der Waals surface area (Å²) in [6.07, 6.45) is -1.72. The van der Waals surface area contributed by atoms with Crippen molar-refractivity contribution in [2.75, 3.05) is 19.4 Å². The minimum Gasteiger partial charge on any atom is -0.492 e. The van der Waals surface area contributed by atoms with Gasteiger partial charge in [-0.05, 0) is 81.6 Å². The van der Waals surface area contributed by atoms with Crippen LogP contribution in [0.4, 0.5) is 13.6 Å². The first-order valence-corrected chi connectivity index (χ1v) is 11.6. The molecule has 0 saturated carbocycles. The maximum Gasteiger partial charge on any atom is 0.407 e. The summed E-state index contributed by atoms with van der Waals surface area (Å²) in [6.45, 7) is 5.87. The van der Waals surface area contributed by atoms with Crippen LogP contribution >= 0.6 is 11.8 Å². The number of halogens is 2. The van der Waals surface area contributed by atoms with Crippen molar-refractivity contribution in [3.8, 4) is 22.7 Å². The number of thioether (sulfide) groups is 1. The summed E-state index contributed by atoms with van der Waals surface area (Å²) in [6, 6.07) is 15.9. The number of ether oxygens (including phenoxy) is 1. The molecule has 2 aromatic carbocycles. The summed E-state index contributed by atoms with van der Waals surface area (Å²) in [7, 11) is 0. The number of rotatable bonds is 8. The van der Waals surface area contributed by atoms with Crippen LogP contribution in [-0.4, -0.2) is 50.8 Å². The number of aromatic nitrogens is 2. The number of hydrogen-bond acceptors (Lipinski definition) is 4. The molecule has 1 heterocycles. The van der Waals surface area contributed by atoms with E-state index in [2.05, 4.69) is 5.10 Å². The molecule has 0 atom stereocenters. The Morgan fingerprint density at radius 1 is 1.15 bits per heavy atom. The molecule has 0 fully saturated rings. The highest BCUT2D eigenvalue weighted by molar-refractivity contribution is 7.98. The van der Waals surface area contributed by atoms with E-state index >= 15 is 0 Å². The van der Waals surface area contributed by atoms with Gasteiger partial charge >= 0.3 is 6.09 Å². The molecule has 0 aliphatic carbocycles. The highest BCUT2D eigenvalue weighted by Gasteiger charge is 2.25. The third kappa shape index (κ3) is 6.04. The highest BCUT2D eigenvalue weighted by Crippen LogP contribution is 2.30. The zero-order chi connectivity index (χ0) is 24.2. The lowest BCUT2D eigenvalue weighted by molar-refractivity contribution is 0.0892. The zero-order valence-corrected chi connectivity index (χ0v) is 19.8. The van der Waals surface area contributed by atoms with Crippen molar-refractivity contribution in [2.45, 2.75) is 37.6 Å². The lowest BCUT2D eigenvalue weighted by Gasteiger charge is -2.32. The molecule has 0 aliphatic rings. The van der Waals surface area contributed by atoms with E-state index in [1.165, 1.54) is 15.6 Å². The Balaban J connectivity index is 1.79. The van der Waals surface area contributed by atoms with Crippen LogP contribution in [0.15, 0.2) is 59.5 Å². The minimum atomic E-state index is -2.68. The zero-order valence-electron chi connectivity index (χ0n) is 19.0. The fraction of sp³-hybridized carbons (Fsp3) is 0.333. The van der Waals surface area contributed by atoms with Crippen LogP contribution in [0.5, 0.6) is 5.75 Å². The fourth-order valence-electron chi connectivity index (χ4n) is 3.33. The number of amides is 1. The molecule has 6 nitrogen and oxygen atoms in total. The van der Waals surface area contributed by atoms with Crippen molar-refractivity contribution < 1.29 is 23.4 Å². The second-order valence-electron chi connectivity index (χ2n) is 8.34. The number of hydrogen-bond donors (Lipinski definition) is 1. The van der Waals surface area contributed by atoms with Crippen LogP contribution in [0.2, 0.25) is 0 Å². The number of benzene rings is 2. The van der Waals surface area contributed by atoms with Crippen LogP contribution in [-0.2, 0) is 0 Å². The lowest BCUT2D eigenvalue weighted by atomic mass is 10.1. The first-order valence-electron chi connectivity index (χ1n) is 10.4. The third-order valence-corrected chi connectivity index (χ3v) is 5.79. The van der Waals surface area contributed by atoms with Crippen molar-refractivity contribution in [1.29, 1.82) is 0 Å². The van der Waals surface area contributed by atoms with Gasteiger partial charge in [0.05, 0.1) is 17.9 Å². The number of carboxylic acid groups (broad SMARTS) is 1. The van der Waals surface area contributed by atoms with Gasteiger partial charge in [-0.3, -0.25) is 0 Å². The average Bonchev–Trinajstić information content (AvgIpc) is 3.22. The Kier molecular flexibility index (Phi) is 7.63. The van der Waals surface area contributed by atoms with Crippen molar-refractivity contribution in [2.24, 2.45) is 0 Å². The van der Waals surface area contributed by atoms with Gasteiger partial charge in [-0.1, -0.05) is 0 Å². The molecule has 0 aliphatic heterocycles. The molecule has 0 bridgehead atoms. The van der Waals surface area contributed by atoms with E-state index in [0.29, 0.717) is 22.7 Å². The maximum absolute atomic E-state index is 13.4. The van der Waals surface area contributed by atoms with Crippen LogP contribution < -0.4 is 4.74 Å². The van der Waals surface area contributed by atoms with Gasteiger partial charge in [0.25, 0.3) is 6.43 Å². The molecule has 3 aromatic rings. The second kappa shape index (κ2) is 10.2. The van der Waals surface area contributed by atoms with Gasteiger partial charge < -0.3 is 14.7 Å². The molecule has 0 unspecified atom stereocenters. The number of alkyl halides is 2. The summed E-state index contributed by atoms with van der Waals surface area (Å²) >= 11 is 1.60. The highest BCUT2D eigenvalue weighted by atomic mass is 32.2. The van der Waals surface area contributed by atoms with Gasteiger partial charge in [0.1, 0.15) is 18.1 Å².